The third-order valence-electron chi connectivity index (χ3n) is 7.71. The molecule has 0 unspecified atom stereocenters. The Bertz CT molecular complexity index is 1330. The highest BCUT2D eigenvalue weighted by Gasteiger charge is 2.22. The smallest absolute Gasteiger partial charge is 0.225 e. The van der Waals surface area contributed by atoms with E-state index in [0.717, 1.165) is 86.3 Å². The van der Waals surface area contributed by atoms with Gasteiger partial charge < -0.3 is 19.4 Å². The molecule has 196 valence electrons. The van der Waals surface area contributed by atoms with Crippen LogP contribution in [-0.2, 0) is 6.42 Å². The maximum atomic E-state index is 6.24. The molecular formula is C30H35N7O. The molecule has 0 atom stereocenters. The molecule has 8 nitrogen and oxygen atoms in total. The third-order valence-corrected chi connectivity index (χ3v) is 7.71. The van der Waals surface area contributed by atoms with Crippen molar-refractivity contribution < 1.29 is 4.74 Å². The van der Waals surface area contributed by atoms with E-state index in [-0.39, 0.29) is 0 Å². The Kier molecular flexibility index (Phi) is 7.31. The monoisotopic (exact) mass is 509 g/mol. The van der Waals surface area contributed by atoms with Crippen LogP contribution in [0.5, 0.6) is 5.75 Å². The molecule has 6 rings (SSSR count). The minimum Gasteiger partial charge on any atom is -0.493 e. The molecule has 0 N–H and O–H groups in total. The van der Waals surface area contributed by atoms with Crippen molar-refractivity contribution in [1.29, 1.82) is 0 Å². The van der Waals surface area contributed by atoms with Gasteiger partial charge in [0.15, 0.2) is 0 Å². The number of hydrogen-bond donors (Lipinski definition) is 0. The van der Waals surface area contributed by atoms with Gasteiger partial charge in [0.2, 0.25) is 5.95 Å². The summed E-state index contributed by atoms with van der Waals surface area (Å²) in [6.07, 6.45) is 8.81. The molecule has 2 aromatic heterocycles. The van der Waals surface area contributed by atoms with Crippen LogP contribution in [0.25, 0.3) is 10.9 Å². The minimum absolute atomic E-state index is 0.621. The number of benzene rings is 2. The molecule has 0 saturated carbocycles. The van der Waals surface area contributed by atoms with E-state index >= 15 is 0 Å². The van der Waals surface area contributed by atoms with Gasteiger partial charge in [0.1, 0.15) is 17.9 Å². The fourth-order valence-corrected chi connectivity index (χ4v) is 5.36. The highest BCUT2D eigenvalue weighted by molar-refractivity contribution is 5.90. The van der Waals surface area contributed by atoms with Crippen LogP contribution in [0, 0.1) is 5.92 Å². The first-order valence-electron chi connectivity index (χ1n) is 13.6. The van der Waals surface area contributed by atoms with Gasteiger partial charge in [-0.2, -0.15) is 0 Å². The number of hydrogen-bond acceptors (Lipinski definition) is 8. The molecule has 2 aliphatic rings. The Morgan fingerprint density at radius 1 is 0.789 bits per heavy atom. The maximum absolute atomic E-state index is 6.24. The molecule has 0 spiro atoms. The van der Waals surface area contributed by atoms with Crippen molar-refractivity contribution in [2.45, 2.75) is 19.3 Å². The first kappa shape index (κ1) is 24.6. The van der Waals surface area contributed by atoms with Gasteiger partial charge in [-0.25, -0.2) is 19.9 Å². The molecular weight excluding hydrogens is 474 g/mol. The maximum Gasteiger partial charge on any atom is 0.225 e. The van der Waals surface area contributed by atoms with Gasteiger partial charge >= 0.3 is 0 Å². The number of nitrogens with zero attached hydrogens (tertiary/aromatic N) is 7. The Hall–Kier alpha value is -3.78. The van der Waals surface area contributed by atoms with Gasteiger partial charge in [-0.1, -0.05) is 30.3 Å². The predicted octanol–water partition coefficient (Wildman–Crippen LogP) is 4.06. The normalized spacial score (nSPS) is 17.2. The van der Waals surface area contributed by atoms with E-state index in [0.29, 0.717) is 5.92 Å². The van der Waals surface area contributed by atoms with Gasteiger partial charge in [-0.15, -0.1) is 0 Å². The number of piperidine rings is 1. The first-order chi connectivity index (χ1) is 18.7. The first-order valence-corrected chi connectivity index (χ1v) is 13.6. The van der Waals surface area contributed by atoms with Crippen molar-refractivity contribution in [1.82, 2.24) is 24.8 Å². The molecule has 8 heteroatoms. The fourth-order valence-electron chi connectivity index (χ4n) is 5.36. The Labute approximate surface area is 224 Å². The van der Waals surface area contributed by atoms with Crippen molar-refractivity contribution in [2.75, 3.05) is 62.7 Å². The SMILES string of the molecule is CN1CCC(COc2ccc3ncnc(N4CCN(c5ncc(Cc6ccccc6)cn5)CC4)c3c2)CC1. The van der Waals surface area contributed by atoms with Crippen molar-refractivity contribution in [3.8, 4) is 5.75 Å². The second-order valence-corrected chi connectivity index (χ2v) is 10.5. The van der Waals surface area contributed by atoms with Gasteiger partial charge in [0.25, 0.3) is 0 Å². The van der Waals surface area contributed by atoms with E-state index < -0.39 is 0 Å². The van der Waals surface area contributed by atoms with Crippen LogP contribution in [0.2, 0.25) is 0 Å². The van der Waals surface area contributed by atoms with E-state index in [1.165, 1.54) is 18.4 Å². The highest BCUT2D eigenvalue weighted by atomic mass is 16.5. The summed E-state index contributed by atoms with van der Waals surface area (Å²) in [5.74, 6) is 3.28. The quantitative estimate of drug-likeness (QED) is 0.370. The van der Waals surface area contributed by atoms with Crippen molar-refractivity contribution in [2.24, 2.45) is 5.92 Å². The summed E-state index contributed by atoms with van der Waals surface area (Å²) in [6, 6.07) is 16.6. The van der Waals surface area contributed by atoms with Crippen LogP contribution in [-0.4, -0.2) is 77.8 Å². The summed E-state index contributed by atoms with van der Waals surface area (Å²) < 4.78 is 6.24. The lowest BCUT2D eigenvalue weighted by Crippen LogP contribution is -2.47. The molecule has 2 aromatic carbocycles. The summed E-state index contributed by atoms with van der Waals surface area (Å²) >= 11 is 0. The summed E-state index contributed by atoms with van der Waals surface area (Å²) in [6.45, 7) is 6.46. The van der Waals surface area contributed by atoms with Gasteiger partial charge in [0.05, 0.1) is 12.1 Å². The number of aromatic nitrogens is 4. The molecule has 38 heavy (non-hydrogen) atoms. The van der Waals surface area contributed by atoms with Crippen LogP contribution in [0.4, 0.5) is 11.8 Å². The molecule has 0 radical (unpaired) electrons. The summed E-state index contributed by atoms with van der Waals surface area (Å²) in [7, 11) is 2.19. The average Bonchev–Trinajstić information content (AvgIpc) is 2.97. The molecule has 0 amide bonds. The second kappa shape index (κ2) is 11.3. The molecule has 4 heterocycles. The van der Waals surface area contributed by atoms with E-state index in [9.17, 15) is 0 Å². The molecule has 2 saturated heterocycles. The Morgan fingerprint density at radius 3 is 2.29 bits per heavy atom. The third kappa shape index (κ3) is 5.70. The second-order valence-electron chi connectivity index (χ2n) is 10.5. The number of piperazine rings is 1. The number of rotatable bonds is 7. The van der Waals surface area contributed by atoms with E-state index in [4.69, 9.17) is 4.74 Å². The van der Waals surface area contributed by atoms with Crippen molar-refractivity contribution in [3.63, 3.8) is 0 Å². The highest BCUT2D eigenvalue weighted by Crippen LogP contribution is 2.29. The summed E-state index contributed by atoms with van der Waals surface area (Å²) in [5.41, 5.74) is 3.34. The van der Waals surface area contributed by atoms with Crippen molar-refractivity contribution in [3.05, 3.63) is 78.4 Å². The number of ether oxygens (including phenoxy) is 1. The summed E-state index contributed by atoms with van der Waals surface area (Å²) in [4.78, 5) is 25.5. The number of fused-ring (bicyclic) bond motifs is 1. The van der Waals surface area contributed by atoms with E-state index in [1.54, 1.807) is 6.33 Å². The molecule has 0 aliphatic carbocycles. The predicted molar refractivity (Wildman–Crippen MR) is 151 cm³/mol. The Morgan fingerprint density at radius 2 is 1.53 bits per heavy atom. The minimum atomic E-state index is 0.621. The zero-order chi connectivity index (χ0) is 25.7. The lowest BCUT2D eigenvalue weighted by molar-refractivity contribution is 0.160. The van der Waals surface area contributed by atoms with Crippen LogP contribution < -0.4 is 14.5 Å². The number of anilines is 2. The van der Waals surface area contributed by atoms with Crippen LogP contribution >= 0.6 is 0 Å². The topological polar surface area (TPSA) is 70.5 Å². The fraction of sp³-hybridized carbons (Fsp3) is 0.400. The lowest BCUT2D eigenvalue weighted by Gasteiger charge is -2.35. The molecule has 2 fully saturated rings. The van der Waals surface area contributed by atoms with Gasteiger partial charge in [0, 0.05) is 50.4 Å². The zero-order valence-corrected chi connectivity index (χ0v) is 22.0. The number of likely N-dealkylation sites (tertiary alicyclic amines) is 1. The van der Waals surface area contributed by atoms with Crippen molar-refractivity contribution >= 4 is 22.7 Å². The zero-order valence-electron chi connectivity index (χ0n) is 22.0. The average molecular weight is 510 g/mol. The lowest BCUT2D eigenvalue weighted by atomic mass is 9.98. The van der Waals surface area contributed by atoms with Crippen LogP contribution in [0.15, 0.2) is 67.3 Å². The Balaban J connectivity index is 1.09. The van der Waals surface area contributed by atoms with E-state index in [1.807, 2.05) is 30.6 Å². The van der Waals surface area contributed by atoms with Gasteiger partial charge in [-0.05, 0) is 68.2 Å². The molecule has 2 aliphatic heterocycles. The molecule has 0 bridgehead atoms. The standard InChI is InChI=1S/C30H35N7O/c1-35-11-9-24(10-12-35)21-38-26-7-8-28-27(18-26)29(34-22-33-28)36-13-15-37(16-14-36)30-31-19-25(20-32-30)17-23-5-3-2-4-6-23/h2-8,18-20,22,24H,9-17,21H2,1H3. The molecule has 4 aromatic rings. The van der Waals surface area contributed by atoms with Crippen LogP contribution in [0.3, 0.4) is 0 Å². The summed E-state index contributed by atoms with van der Waals surface area (Å²) in [5, 5.41) is 1.04. The van der Waals surface area contributed by atoms with Crippen LogP contribution in [0.1, 0.15) is 24.0 Å². The largest absolute Gasteiger partial charge is 0.493 e. The van der Waals surface area contributed by atoms with E-state index in [2.05, 4.69) is 72.0 Å². The van der Waals surface area contributed by atoms with Gasteiger partial charge in [-0.3, -0.25) is 0 Å².